The third kappa shape index (κ3) is 6.22. The first-order valence-corrected chi connectivity index (χ1v) is 22.7. The molecular weight excluding hydrogens is 783 g/mol. The zero-order valence-corrected chi connectivity index (χ0v) is 36.6. The molecule has 0 radical (unpaired) electrons. The number of benzene rings is 10. The maximum Gasteiger partial charge on any atom is 0.0719 e. The summed E-state index contributed by atoms with van der Waals surface area (Å²) in [7, 11) is 0. The number of nitrogens with zero attached hydrogens (tertiary/aromatic N) is 1. The molecule has 0 amide bonds. The number of rotatable bonds is 7. The summed E-state index contributed by atoms with van der Waals surface area (Å²) >= 11 is 0. The van der Waals surface area contributed by atoms with E-state index >= 15 is 0 Å². The van der Waals surface area contributed by atoms with Crippen LogP contribution < -0.4 is 4.90 Å². The maximum atomic E-state index is 2.45. The molecule has 0 aliphatic heterocycles. The molecule has 10 aromatic carbocycles. The van der Waals surface area contributed by atoms with E-state index in [1.807, 2.05) is 0 Å². The molecule has 0 N–H and O–H groups in total. The van der Waals surface area contributed by atoms with E-state index in [1.54, 1.807) is 0 Å². The van der Waals surface area contributed by atoms with Crippen molar-refractivity contribution in [3.63, 3.8) is 0 Å². The van der Waals surface area contributed by atoms with Crippen LogP contribution in [0.4, 0.5) is 17.1 Å². The van der Waals surface area contributed by atoms with Crippen molar-refractivity contribution < 1.29 is 0 Å². The molecule has 10 aromatic rings. The summed E-state index contributed by atoms with van der Waals surface area (Å²) in [5, 5.41) is 0. The van der Waals surface area contributed by atoms with E-state index in [9.17, 15) is 0 Å². The van der Waals surface area contributed by atoms with E-state index in [-0.39, 0.29) is 5.41 Å². The Bertz CT molecular complexity index is 3270. The molecule has 12 rings (SSSR count). The second-order valence-electron chi connectivity index (χ2n) is 18.1. The van der Waals surface area contributed by atoms with Crippen LogP contribution in [0.25, 0.3) is 55.6 Å². The Morgan fingerprint density at radius 2 is 0.662 bits per heavy atom. The lowest BCUT2D eigenvalue weighted by molar-refractivity contribution is 0.563. The first kappa shape index (κ1) is 38.7. The monoisotopic (exact) mass is 829 g/mol. The third-order valence-corrected chi connectivity index (χ3v) is 14.1. The number of fused-ring (bicyclic) bond motifs is 9. The fourth-order valence-corrected chi connectivity index (χ4v) is 11.1. The Balaban J connectivity index is 1.04. The predicted octanol–water partition coefficient (Wildman–Crippen LogP) is 16.8. The lowest BCUT2D eigenvalue weighted by Gasteiger charge is -2.46. The van der Waals surface area contributed by atoms with E-state index in [0.717, 1.165) is 17.1 Å². The number of hydrogen-bond donors (Lipinski definition) is 0. The lowest BCUT2D eigenvalue weighted by atomic mass is 9.55. The Kier molecular flexibility index (Phi) is 9.14. The molecule has 308 valence electrons. The van der Waals surface area contributed by atoms with Gasteiger partial charge >= 0.3 is 0 Å². The summed E-state index contributed by atoms with van der Waals surface area (Å²) in [6, 6.07) is 91.9. The summed E-state index contributed by atoms with van der Waals surface area (Å²) in [6.45, 7) is 4.77. The molecule has 0 saturated carbocycles. The van der Waals surface area contributed by atoms with Crippen LogP contribution >= 0.6 is 0 Å². The smallest absolute Gasteiger partial charge is 0.0719 e. The highest BCUT2D eigenvalue weighted by Gasteiger charge is 2.53. The molecule has 1 heteroatoms. The number of hydrogen-bond acceptors (Lipinski definition) is 1. The normalized spacial score (nSPS) is 13.6. The molecule has 0 saturated heterocycles. The first-order valence-electron chi connectivity index (χ1n) is 22.7. The average Bonchev–Trinajstić information content (AvgIpc) is 3.67. The molecule has 2 aliphatic carbocycles. The second-order valence-corrected chi connectivity index (χ2v) is 18.1. The van der Waals surface area contributed by atoms with Crippen LogP contribution in [0.5, 0.6) is 0 Å². The first-order chi connectivity index (χ1) is 32.0. The van der Waals surface area contributed by atoms with Crippen LogP contribution in [-0.2, 0) is 10.8 Å². The number of anilines is 3. The fourth-order valence-electron chi connectivity index (χ4n) is 11.1. The van der Waals surface area contributed by atoms with Crippen LogP contribution in [0.2, 0.25) is 0 Å². The lowest BCUT2D eigenvalue weighted by Crippen LogP contribution is -2.40. The molecule has 0 unspecified atom stereocenters. The van der Waals surface area contributed by atoms with Gasteiger partial charge in [-0.3, -0.25) is 0 Å². The van der Waals surface area contributed by atoms with Gasteiger partial charge in [0.15, 0.2) is 0 Å². The van der Waals surface area contributed by atoms with Gasteiger partial charge in [0.1, 0.15) is 0 Å². The molecule has 1 spiro atoms. The van der Waals surface area contributed by atoms with Crippen molar-refractivity contribution in [1.82, 2.24) is 0 Å². The van der Waals surface area contributed by atoms with Gasteiger partial charge in [-0.15, -0.1) is 0 Å². The third-order valence-electron chi connectivity index (χ3n) is 14.1. The summed E-state index contributed by atoms with van der Waals surface area (Å²) in [6.07, 6.45) is 0. The quantitative estimate of drug-likeness (QED) is 0.155. The van der Waals surface area contributed by atoms with Crippen LogP contribution in [0, 0.1) is 0 Å². The van der Waals surface area contributed by atoms with Gasteiger partial charge in [-0.2, -0.15) is 0 Å². The Morgan fingerprint density at radius 1 is 0.246 bits per heavy atom. The minimum atomic E-state index is -0.419. The molecule has 65 heavy (non-hydrogen) atoms. The minimum absolute atomic E-state index is 0.132. The minimum Gasteiger partial charge on any atom is -0.310 e. The van der Waals surface area contributed by atoms with Crippen molar-refractivity contribution in [1.29, 1.82) is 0 Å². The highest BCUT2D eigenvalue weighted by molar-refractivity contribution is 5.92. The van der Waals surface area contributed by atoms with Crippen LogP contribution in [0.1, 0.15) is 47.2 Å². The van der Waals surface area contributed by atoms with Crippen LogP contribution in [-0.4, -0.2) is 0 Å². The maximum absolute atomic E-state index is 2.45. The van der Waals surface area contributed by atoms with Crippen molar-refractivity contribution in [2.75, 3.05) is 4.90 Å². The summed E-state index contributed by atoms with van der Waals surface area (Å²) < 4.78 is 0. The Morgan fingerprint density at radius 3 is 1.25 bits per heavy atom. The van der Waals surface area contributed by atoms with Crippen molar-refractivity contribution in [3.05, 3.63) is 282 Å². The van der Waals surface area contributed by atoms with Gasteiger partial charge in [-0.1, -0.05) is 214 Å². The van der Waals surface area contributed by atoms with E-state index in [0.29, 0.717) is 0 Å². The second kappa shape index (κ2) is 15.4. The van der Waals surface area contributed by atoms with Crippen LogP contribution in [0.3, 0.4) is 0 Å². The van der Waals surface area contributed by atoms with Gasteiger partial charge in [0.2, 0.25) is 0 Å². The summed E-state index contributed by atoms with van der Waals surface area (Å²) in [4.78, 5) is 2.42. The zero-order valence-electron chi connectivity index (χ0n) is 36.6. The summed E-state index contributed by atoms with van der Waals surface area (Å²) in [5.74, 6) is 0. The van der Waals surface area contributed by atoms with Gasteiger partial charge in [0.25, 0.3) is 0 Å². The molecular formula is C64H47N. The van der Waals surface area contributed by atoms with Crippen molar-refractivity contribution in [2.24, 2.45) is 0 Å². The molecule has 0 atom stereocenters. The van der Waals surface area contributed by atoms with Gasteiger partial charge in [-0.05, 0) is 138 Å². The largest absolute Gasteiger partial charge is 0.310 e. The molecule has 1 nitrogen and oxygen atoms in total. The van der Waals surface area contributed by atoms with Gasteiger partial charge in [0, 0.05) is 22.5 Å². The van der Waals surface area contributed by atoms with E-state index < -0.39 is 5.41 Å². The van der Waals surface area contributed by atoms with Crippen molar-refractivity contribution in [2.45, 2.75) is 24.7 Å². The summed E-state index contributed by atoms with van der Waals surface area (Å²) in [5.41, 5.74) is 23.0. The molecule has 0 heterocycles. The predicted molar refractivity (Wildman–Crippen MR) is 272 cm³/mol. The van der Waals surface area contributed by atoms with Gasteiger partial charge in [-0.25, -0.2) is 0 Å². The van der Waals surface area contributed by atoms with Crippen molar-refractivity contribution in [3.8, 4) is 55.6 Å². The van der Waals surface area contributed by atoms with E-state index in [1.165, 1.54) is 89.0 Å². The topological polar surface area (TPSA) is 3.24 Å². The molecule has 0 fully saturated rings. The van der Waals surface area contributed by atoms with Crippen molar-refractivity contribution >= 4 is 17.1 Å². The molecule has 0 bridgehead atoms. The van der Waals surface area contributed by atoms with E-state index in [4.69, 9.17) is 0 Å². The van der Waals surface area contributed by atoms with Crippen LogP contribution in [0.15, 0.2) is 249 Å². The fraction of sp³-hybridized carbons (Fsp3) is 0.0625. The standard InChI is InChI=1S/C64H47N/c1-63(2)59-29-14-16-31-61(59)64(62-32-17-15-30-60(62)63)57-28-13-12-27-55(57)56-43-49(35-38-58(56)64)48-25-18-26-53(40-48)65(52-36-33-47(34-37-52)44-19-6-3-7-20-44)54-41-50(45-21-8-4-9-22-45)39-51(42-54)46-23-10-5-11-24-46/h3-43H,1-2H3. The van der Waals surface area contributed by atoms with Gasteiger partial charge in [0.05, 0.1) is 5.41 Å². The highest BCUT2D eigenvalue weighted by atomic mass is 15.1. The Hall–Kier alpha value is -8.00. The Labute approximate surface area is 382 Å². The van der Waals surface area contributed by atoms with Gasteiger partial charge < -0.3 is 4.90 Å². The SMILES string of the molecule is CC1(C)c2ccccc2C2(c3ccccc3-c3cc(-c4cccc(N(c5ccc(-c6ccccc6)cc5)c5cc(-c6ccccc6)cc(-c6ccccc6)c5)c4)ccc32)c2ccccc21. The highest BCUT2D eigenvalue weighted by Crippen LogP contribution is 2.62. The van der Waals surface area contributed by atoms with E-state index in [2.05, 4.69) is 267 Å². The zero-order chi connectivity index (χ0) is 43.5. The molecule has 0 aromatic heterocycles. The average molecular weight is 830 g/mol. The molecule has 2 aliphatic rings.